The zero-order valence-corrected chi connectivity index (χ0v) is 5.86. The van der Waals surface area contributed by atoms with Crippen molar-refractivity contribution in [3.8, 4) is 0 Å². The first-order chi connectivity index (χ1) is 5.16. The molecule has 0 heterocycles. The first kappa shape index (κ1) is 8.59. The fourth-order valence-electron chi connectivity index (χ4n) is 1.11. The van der Waals surface area contributed by atoms with E-state index >= 15 is 0 Å². The quantitative estimate of drug-likeness (QED) is 0.628. The molecule has 0 aromatic rings. The Morgan fingerprint density at radius 1 is 1.45 bits per heavy atom. The van der Waals surface area contributed by atoms with Crippen LogP contribution in [0.15, 0.2) is 11.4 Å². The number of rotatable bonds is 1. The SMILES string of the molecule is OCC1=C(F)CCC(F)C1F. The normalized spacial score (nSPS) is 32.7. The van der Waals surface area contributed by atoms with E-state index < -0.39 is 30.4 Å². The van der Waals surface area contributed by atoms with Crippen LogP contribution in [-0.4, -0.2) is 24.1 Å². The molecule has 2 atom stereocenters. The molecule has 0 aliphatic heterocycles. The van der Waals surface area contributed by atoms with Gasteiger partial charge in [-0.3, -0.25) is 0 Å². The molecule has 2 unspecified atom stereocenters. The lowest BCUT2D eigenvalue weighted by Gasteiger charge is -2.21. The van der Waals surface area contributed by atoms with Crippen LogP contribution in [-0.2, 0) is 0 Å². The minimum atomic E-state index is -1.95. The number of halogens is 3. The summed E-state index contributed by atoms with van der Waals surface area (Å²) in [6.07, 6.45) is -3.83. The van der Waals surface area contributed by atoms with E-state index in [0.29, 0.717) is 0 Å². The molecule has 0 radical (unpaired) electrons. The van der Waals surface area contributed by atoms with Gasteiger partial charge in [-0.1, -0.05) is 0 Å². The highest BCUT2D eigenvalue weighted by Crippen LogP contribution is 2.29. The number of hydrogen-bond acceptors (Lipinski definition) is 1. The highest BCUT2D eigenvalue weighted by molar-refractivity contribution is 5.18. The van der Waals surface area contributed by atoms with Gasteiger partial charge in [-0.2, -0.15) is 0 Å². The average molecular weight is 166 g/mol. The van der Waals surface area contributed by atoms with E-state index in [9.17, 15) is 13.2 Å². The molecule has 0 aromatic heterocycles. The Bertz CT molecular complexity index is 179. The standard InChI is InChI=1S/C7H9F3O/c8-5-1-2-6(9)7(10)4(5)3-11/h6-7,11H,1-3H2. The van der Waals surface area contributed by atoms with Crippen LogP contribution in [0.25, 0.3) is 0 Å². The minimum absolute atomic E-state index is 0.0997. The molecule has 1 rings (SSSR count). The summed E-state index contributed by atoms with van der Waals surface area (Å²) in [4.78, 5) is 0. The van der Waals surface area contributed by atoms with E-state index in [1.807, 2.05) is 0 Å². The lowest BCUT2D eigenvalue weighted by Crippen LogP contribution is -2.26. The highest BCUT2D eigenvalue weighted by atomic mass is 19.2. The molecule has 1 aliphatic rings. The van der Waals surface area contributed by atoms with Crippen LogP contribution in [0, 0.1) is 0 Å². The summed E-state index contributed by atoms with van der Waals surface area (Å²) in [6, 6.07) is 0. The third-order valence-corrected chi connectivity index (χ3v) is 1.81. The maximum atomic E-state index is 12.7. The lowest BCUT2D eigenvalue weighted by molar-refractivity contribution is 0.149. The van der Waals surface area contributed by atoms with Gasteiger partial charge in [0.15, 0.2) is 6.17 Å². The topological polar surface area (TPSA) is 20.2 Å². The van der Waals surface area contributed by atoms with Gasteiger partial charge in [-0.25, -0.2) is 13.2 Å². The Morgan fingerprint density at radius 3 is 2.55 bits per heavy atom. The van der Waals surface area contributed by atoms with E-state index in [-0.39, 0.29) is 12.8 Å². The van der Waals surface area contributed by atoms with Crippen LogP contribution in [0.2, 0.25) is 0 Å². The summed E-state index contributed by atoms with van der Waals surface area (Å²) in [5.41, 5.74) is -0.427. The van der Waals surface area contributed by atoms with Crippen molar-refractivity contribution in [2.24, 2.45) is 0 Å². The van der Waals surface area contributed by atoms with Gasteiger partial charge in [0.25, 0.3) is 0 Å². The number of aliphatic hydroxyl groups excluding tert-OH is 1. The molecule has 0 spiro atoms. The summed E-state index contributed by atoms with van der Waals surface area (Å²) in [5.74, 6) is -0.700. The van der Waals surface area contributed by atoms with Crippen molar-refractivity contribution in [3.05, 3.63) is 11.4 Å². The fourth-order valence-corrected chi connectivity index (χ4v) is 1.11. The second-order valence-electron chi connectivity index (χ2n) is 2.54. The maximum Gasteiger partial charge on any atom is 0.157 e. The van der Waals surface area contributed by atoms with E-state index in [1.54, 1.807) is 0 Å². The molecule has 1 N–H and O–H groups in total. The fraction of sp³-hybridized carbons (Fsp3) is 0.714. The van der Waals surface area contributed by atoms with Gasteiger partial charge >= 0.3 is 0 Å². The molecule has 0 aromatic carbocycles. The zero-order valence-electron chi connectivity index (χ0n) is 5.86. The summed E-state index contributed by atoms with van der Waals surface area (Å²) in [6.45, 7) is -0.729. The van der Waals surface area contributed by atoms with Gasteiger partial charge in [0.05, 0.1) is 6.61 Å². The van der Waals surface area contributed by atoms with Crippen LogP contribution >= 0.6 is 0 Å². The molecule has 4 heteroatoms. The molecule has 11 heavy (non-hydrogen) atoms. The third kappa shape index (κ3) is 1.56. The Labute approximate surface area is 62.5 Å². The monoisotopic (exact) mass is 166 g/mol. The van der Waals surface area contributed by atoms with Crippen LogP contribution < -0.4 is 0 Å². The molecule has 0 saturated carbocycles. The number of hydrogen-bond donors (Lipinski definition) is 1. The van der Waals surface area contributed by atoms with Crippen molar-refractivity contribution in [1.29, 1.82) is 0 Å². The Hall–Kier alpha value is -0.510. The van der Waals surface area contributed by atoms with Gasteiger partial charge in [0.2, 0.25) is 0 Å². The highest BCUT2D eigenvalue weighted by Gasteiger charge is 2.31. The van der Waals surface area contributed by atoms with Gasteiger partial charge in [0, 0.05) is 12.0 Å². The van der Waals surface area contributed by atoms with E-state index in [2.05, 4.69) is 0 Å². The molecule has 0 bridgehead atoms. The largest absolute Gasteiger partial charge is 0.392 e. The van der Waals surface area contributed by atoms with Crippen molar-refractivity contribution in [3.63, 3.8) is 0 Å². The van der Waals surface area contributed by atoms with Gasteiger partial charge < -0.3 is 5.11 Å². The number of allylic oxidation sites excluding steroid dienone is 1. The lowest BCUT2D eigenvalue weighted by atomic mass is 9.95. The smallest absolute Gasteiger partial charge is 0.157 e. The molecular formula is C7H9F3O. The summed E-state index contributed by atoms with van der Waals surface area (Å²) < 4.78 is 37.7. The van der Waals surface area contributed by atoms with Crippen LogP contribution in [0.5, 0.6) is 0 Å². The molecule has 64 valence electrons. The van der Waals surface area contributed by atoms with Crippen molar-refractivity contribution in [2.75, 3.05) is 6.61 Å². The molecular weight excluding hydrogens is 157 g/mol. The first-order valence-electron chi connectivity index (χ1n) is 3.43. The Balaban J connectivity index is 2.80. The number of aliphatic hydroxyl groups is 1. The van der Waals surface area contributed by atoms with Gasteiger partial charge in [0.1, 0.15) is 12.0 Å². The Morgan fingerprint density at radius 2 is 2.09 bits per heavy atom. The van der Waals surface area contributed by atoms with Crippen molar-refractivity contribution in [2.45, 2.75) is 25.2 Å². The van der Waals surface area contributed by atoms with Crippen molar-refractivity contribution in [1.82, 2.24) is 0 Å². The second kappa shape index (κ2) is 3.26. The van der Waals surface area contributed by atoms with E-state index in [1.165, 1.54) is 0 Å². The predicted molar refractivity (Wildman–Crippen MR) is 34.2 cm³/mol. The molecule has 1 nitrogen and oxygen atoms in total. The summed E-state index contributed by atoms with van der Waals surface area (Å²) in [7, 11) is 0. The molecule has 0 fully saturated rings. The van der Waals surface area contributed by atoms with Crippen LogP contribution in [0.4, 0.5) is 13.2 Å². The Kier molecular flexibility index (Phi) is 2.54. The van der Waals surface area contributed by atoms with E-state index in [0.717, 1.165) is 0 Å². The van der Waals surface area contributed by atoms with Crippen LogP contribution in [0.3, 0.4) is 0 Å². The molecule has 0 amide bonds. The molecule has 0 saturated heterocycles. The first-order valence-corrected chi connectivity index (χ1v) is 3.43. The number of alkyl halides is 2. The van der Waals surface area contributed by atoms with E-state index in [4.69, 9.17) is 5.11 Å². The average Bonchev–Trinajstić information content (AvgIpc) is 1.99. The maximum absolute atomic E-state index is 12.7. The minimum Gasteiger partial charge on any atom is -0.392 e. The predicted octanol–water partition coefficient (Wildman–Crippen LogP) is 1.67. The van der Waals surface area contributed by atoms with Gasteiger partial charge in [-0.15, -0.1) is 0 Å². The van der Waals surface area contributed by atoms with Gasteiger partial charge in [-0.05, 0) is 6.42 Å². The van der Waals surface area contributed by atoms with Crippen molar-refractivity contribution < 1.29 is 18.3 Å². The summed E-state index contributed by atoms with van der Waals surface area (Å²) >= 11 is 0. The van der Waals surface area contributed by atoms with Crippen molar-refractivity contribution >= 4 is 0 Å². The second-order valence-corrected chi connectivity index (χ2v) is 2.54. The zero-order chi connectivity index (χ0) is 8.43. The van der Waals surface area contributed by atoms with Crippen LogP contribution in [0.1, 0.15) is 12.8 Å². The third-order valence-electron chi connectivity index (χ3n) is 1.81. The summed E-state index contributed by atoms with van der Waals surface area (Å²) in [5, 5.41) is 8.45. The molecule has 1 aliphatic carbocycles.